The highest BCUT2D eigenvalue weighted by Gasteiger charge is 2.17. The van der Waals surface area contributed by atoms with Crippen molar-refractivity contribution in [2.45, 2.75) is 18.6 Å². The van der Waals surface area contributed by atoms with E-state index in [9.17, 15) is 4.79 Å². The molecule has 26 heavy (non-hydrogen) atoms. The van der Waals surface area contributed by atoms with Gasteiger partial charge in [-0.25, -0.2) is 0 Å². The zero-order chi connectivity index (χ0) is 18.5. The van der Waals surface area contributed by atoms with Gasteiger partial charge in [-0.3, -0.25) is 9.36 Å². The molecule has 0 spiro atoms. The molecule has 1 amide bonds. The number of anilines is 1. The molecule has 3 aromatic rings. The van der Waals surface area contributed by atoms with Crippen LogP contribution in [-0.2, 0) is 11.3 Å². The first kappa shape index (κ1) is 18.5. The summed E-state index contributed by atoms with van der Waals surface area (Å²) in [7, 11) is 0. The van der Waals surface area contributed by atoms with Crippen molar-refractivity contribution in [2.75, 3.05) is 11.1 Å². The number of furan rings is 1. The summed E-state index contributed by atoms with van der Waals surface area (Å²) in [5.41, 5.74) is 1.62. The molecule has 1 N–H and O–H groups in total. The maximum absolute atomic E-state index is 12.3. The summed E-state index contributed by atoms with van der Waals surface area (Å²) in [6, 6.07) is 9.34. The van der Waals surface area contributed by atoms with Crippen LogP contribution in [0.4, 0.5) is 5.69 Å². The Morgan fingerprint density at radius 3 is 2.88 bits per heavy atom. The number of hydrogen-bond acceptors (Lipinski definition) is 5. The van der Waals surface area contributed by atoms with Crippen molar-refractivity contribution in [3.05, 3.63) is 59.5 Å². The lowest BCUT2D eigenvalue weighted by molar-refractivity contribution is -0.113. The van der Waals surface area contributed by atoms with Crippen LogP contribution in [-0.4, -0.2) is 26.4 Å². The number of carbonyl (C=O) groups is 1. The molecule has 0 saturated heterocycles. The molecule has 0 aliphatic rings. The number of rotatable bonds is 7. The number of nitrogens with zero attached hydrogens (tertiary/aromatic N) is 3. The minimum Gasteiger partial charge on any atom is -0.469 e. The lowest BCUT2D eigenvalue weighted by atomic mass is 10.2. The topological polar surface area (TPSA) is 73.0 Å². The van der Waals surface area contributed by atoms with Crippen LogP contribution >= 0.6 is 27.7 Å². The molecule has 0 atom stereocenters. The Hall–Kier alpha value is -2.32. The van der Waals surface area contributed by atoms with Crippen molar-refractivity contribution in [3.8, 4) is 11.4 Å². The monoisotopic (exact) mass is 432 g/mol. The van der Waals surface area contributed by atoms with Crippen LogP contribution in [0.15, 0.2) is 63.3 Å². The van der Waals surface area contributed by atoms with Gasteiger partial charge in [0.25, 0.3) is 0 Å². The first-order valence-electron chi connectivity index (χ1n) is 7.86. The summed E-state index contributed by atoms with van der Waals surface area (Å²) in [5.74, 6) is 1.58. The molecule has 134 valence electrons. The number of aryl methyl sites for hydroxylation is 1. The molecule has 0 bridgehead atoms. The van der Waals surface area contributed by atoms with Gasteiger partial charge in [0.15, 0.2) is 11.0 Å². The van der Waals surface area contributed by atoms with Crippen LogP contribution in [0.25, 0.3) is 11.4 Å². The van der Waals surface area contributed by atoms with E-state index < -0.39 is 0 Å². The Kier molecular flexibility index (Phi) is 5.95. The van der Waals surface area contributed by atoms with E-state index in [1.807, 2.05) is 41.8 Å². The first-order chi connectivity index (χ1) is 12.6. The fourth-order valence-electron chi connectivity index (χ4n) is 2.38. The predicted molar refractivity (Wildman–Crippen MR) is 106 cm³/mol. The van der Waals surface area contributed by atoms with E-state index in [-0.39, 0.29) is 11.7 Å². The normalized spacial score (nSPS) is 10.7. The summed E-state index contributed by atoms with van der Waals surface area (Å²) in [6.07, 6.45) is 3.39. The highest BCUT2D eigenvalue weighted by atomic mass is 79.9. The van der Waals surface area contributed by atoms with Gasteiger partial charge in [-0.1, -0.05) is 30.0 Å². The van der Waals surface area contributed by atoms with E-state index in [4.69, 9.17) is 4.42 Å². The van der Waals surface area contributed by atoms with Crippen molar-refractivity contribution in [1.29, 1.82) is 0 Å². The standard InChI is InChI=1S/C18H17BrN4O2S/c1-3-9-23-17(13-8-10-25-12(13)2)21-22-18(23)26-11-16(24)20-15-7-5-4-6-14(15)19/h3-8,10H,1,9,11H2,2H3,(H,20,24). The lowest BCUT2D eigenvalue weighted by Gasteiger charge is -2.08. The van der Waals surface area contributed by atoms with E-state index >= 15 is 0 Å². The van der Waals surface area contributed by atoms with Gasteiger partial charge in [0.1, 0.15) is 5.76 Å². The third kappa shape index (κ3) is 4.08. The van der Waals surface area contributed by atoms with Crippen LogP contribution in [0.1, 0.15) is 5.76 Å². The summed E-state index contributed by atoms with van der Waals surface area (Å²) in [4.78, 5) is 12.3. The molecular weight excluding hydrogens is 416 g/mol. The molecule has 0 aliphatic carbocycles. The molecule has 2 heterocycles. The van der Waals surface area contributed by atoms with E-state index in [0.29, 0.717) is 17.5 Å². The Morgan fingerprint density at radius 2 is 2.19 bits per heavy atom. The number of para-hydroxylation sites is 1. The highest BCUT2D eigenvalue weighted by molar-refractivity contribution is 9.10. The third-order valence-corrected chi connectivity index (χ3v) is 5.27. The fourth-order valence-corrected chi connectivity index (χ4v) is 3.52. The fraction of sp³-hybridized carbons (Fsp3) is 0.167. The maximum Gasteiger partial charge on any atom is 0.234 e. The minimum atomic E-state index is -0.115. The predicted octanol–water partition coefficient (Wildman–Crippen LogP) is 4.53. The number of nitrogens with one attached hydrogen (secondary N) is 1. The quantitative estimate of drug-likeness (QED) is 0.438. The molecule has 6 nitrogen and oxygen atoms in total. The Balaban J connectivity index is 1.73. The van der Waals surface area contributed by atoms with E-state index in [1.54, 1.807) is 12.3 Å². The zero-order valence-electron chi connectivity index (χ0n) is 14.1. The number of halogens is 1. The van der Waals surface area contributed by atoms with Gasteiger partial charge in [0, 0.05) is 11.0 Å². The van der Waals surface area contributed by atoms with Crippen LogP contribution in [0.3, 0.4) is 0 Å². The second kappa shape index (κ2) is 8.37. The number of hydrogen-bond donors (Lipinski definition) is 1. The summed E-state index contributed by atoms with van der Waals surface area (Å²) in [5, 5.41) is 12.0. The van der Waals surface area contributed by atoms with Crippen LogP contribution in [0, 0.1) is 6.92 Å². The van der Waals surface area contributed by atoms with Crippen molar-refractivity contribution in [1.82, 2.24) is 14.8 Å². The molecule has 3 rings (SSSR count). The maximum atomic E-state index is 12.3. The Labute approximate surface area is 163 Å². The first-order valence-corrected chi connectivity index (χ1v) is 9.63. The molecule has 1 aromatic carbocycles. The smallest absolute Gasteiger partial charge is 0.234 e. The number of thioether (sulfide) groups is 1. The van der Waals surface area contributed by atoms with Gasteiger partial charge < -0.3 is 9.73 Å². The van der Waals surface area contributed by atoms with Gasteiger partial charge in [-0.2, -0.15) is 0 Å². The SMILES string of the molecule is C=CCn1c(SCC(=O)Nc2ccccc2Br)nnc1-c1ccoc1C. The van der Waals surface area contributed by atoms with Gasteiger partial charge >= 0.3 is 0 Å². The molecule has 2 aromatic heterocycles. The van der Waals surface area contributed by atoms with Crippen molar-refractivity contribution in [3.63, 3.8) is 0 Å². The number of allylic oxidation sites excluding steroid dienone is 1. The van der Waals surface area contributed by atoms with Crippen molar-refractivity contribution >= 4 is 39.3 Å². The van der Waals surface area contributed by atoms with Gasteiger partial charge in [-0.05, 0) is 41.1 Å². The zero-order valence-corrected chi connectivity index (χ0v) is 16.5. The van der Waals surface area contributed by atoms with Crippen LogP contribution in [0.2, 0.25) is 0 Å². The summed E-state index contributed by atoms with van der Waals surface area (Å²) in [6.45, 7) is 6.21. The van der Waals surface area contributed by atoms with Crippen molar-refractivity contribution in [2.24, 2.45) is 0 Å². The highest BCUT2D eigenvalue weighted by Crippen LogP contribution is 2.27. The molecule has 0 radical (unpaired) electrons. The van der Waals surface area contributed by atoms with Gasteiger partial charge in [0.05, 0.1) is 23.3 Å². The van der Waals surface area contributed by atoms with E-state index in [0.717, 1.165) is 21.5 Å². The second-order valence-electron chi connectivity index (χ2n) is 5.41. The molecule has 0 aliphatic heterocycles. The lowest BCUT2D eigenvalue weighted by Crippen LogP contribution is -2.15. The van der Waals surface area contributed by atoms with E-state index in [1.165, 1.54) is 11.8 Å². The summed E-state index contributed by atoms with van der Waals surface area (Å²) < 4.78 is 8.11. The number of carbonyl (C=O) groups excluding carboxylic acids is 1. The van der Waals surface area contributed by atoms with Gasteiger partial charge in [-0.15, -0.1) is 16.8 Å². The Morgan fingerprint density at radius 1 is 1.38 bits per heavy atom. The number of benzene rings is 1. The number of aromatic nitrogens is 3. The molecule has 0 unspecified atom stereocenters. The second-order valence-corrected chi connectivity index (χ2v) is 7.21. The van der Waals surface area contributed by atoms with Crippen LogP contribution in [0.5, 0.6) is 0 Å². The largest absolute Gasteiger partial charge is 0.469 e. The number of amides is 1. The molecular formula is C18H17BrN4O2S. The molecule has 0 fully saturated rings. The third-order valence-electron chi connectivity index (χ3n) is 3.61. The minimum absolute atomic E-state index is 0.115. The van der Waals surface area contributed by atoms with Crippen LogP contribution < -0.4 is 5.32 Å². The van der Waals surface area contributed by atoms with Gasteiger partial charge in [0.2, 0.25) is 5.91 Å². The molecule has 8 heteroatoms. The Bertz CT molecular complexity index is 935. The average molecular weight is 433 g/mol. The summed E-state index contributed by atoms with van der Waals surface area (Å²) >= 11 is 4.74. The van der Waals surface area contributed by atoms with E-state index in [2.05, 4.69) is 38.0 Å². The van der Waals surface area contributed by atoms with Crippen molar-refractivity contribution < 1.29 is 9.21 Å². The molecule has 0 saturated carbocycles. The average Bonchev–Trinajstić information content (AvgIpc) is 3.21.